The first-order chi connectivity index (χ1) is 11.2. The van der Waals surface area contributed by atoms with Gasteiger partial charge < -0.3 is 10.2 Å². The van der Waals surface area contributed by atoms with Gasteiger partial charge in [-0.3, -0.25) is 0 Å². The molecular formula is C16H16ClFN5+. The zero-order chi connectivity index (χ0) is 15.6. The van der Waals surface area contributed by atoms with E-state index in [2.05, 4.69) is 21.3 Å². The summed E-state index contributed by atoms with van der Waals surface area (Å²) in [6.07, 6.45) is 3.99. The Balaban J connectivity index is 1.71. The fourth-order valence-electron chi connectivity index (χ4n) is 3.83. The fraction of sp³-hybridized carbons (Fsp3) is 0.375. The normalized spacial score (nSPS) is 30.9. The van der Waals surface area contributed by atoms with Gasteiger partial charge in [-0.25, -0.2) is 18.9 Å². The van der Waals surface area contributed by atoms with Crippen molar-refractivity contribution in [1.29, 1.82) is 0 Å². The molecular weight excluding hydrogens is 317 g/mol. The van der Waals surface area contributed by atoms with Crippen LogP contribution in [0.3, 0.4) is 0 Å². The van der Waals surface area contributed by atoms with E-state index in [0.29, 0.717) is 16.2 Å². The molecule has 0 aliphatic carbocycles. The third-order valence-corrected chi connectivity index (χ3v) is 5.37. The molecule has 4 heterocycles. The van der Waals surface area contributed by atoms with Gasteiger partial charge in [-0.05, 0) is 6.08 Å². The molecule has 0 radical (unpaired) electrons. The molecule has 23 heavy (non-hydrogen) atoms. The summed E-state index contributed by atoms with van der Waals surface area (Å²) < 4.78 is 14.6. The van der Waals surface area contributed by atoms with E-state index in [1.54, 1.807) is 6.07 Å². The second kappa shape index (κ2) is 4.63. The Bertz CT molecular complexity index is 796. The van der Waals surface area contributed by atoms with Crippen LogP contribution in [0, 0.1) is 5.82 Å². The van der Waals surface area contributed by atoms with E-state index in [-0.39, 0.29) is 5.02 Å². The lowest BCUT2D eigenvalue weighted by molar-refractivity contribution is 0.359. The van der Waals surface area contributed by atoms with Gasteiger partial charge in [0.05, 0.1) is 5.02 Å². The number of halogens is 2. The zero-order valence-electron chi connectivity index (χ0n) is 12.5. The molecule has 2 atom stereocenters. The first-order valence-electron chi connectivity index (χ1n) is 7.87. The monoisotopic (exact) mass is 332 g/mol. The van der Waals surface area contributed by atoms with Gasteiger partial charge in [0.15, 0.2) is 11.7 Å². The Morgan fingerprint density at radius 3 is 2.96 bits per heavy atom. The van der Waals surface area contributed by atoms with Crippen molar-refractivity contribution in [2.24, 2.45) is 9.98 Å². The van der Waals surface area contributed by atoms with E-state index in [1.165, 1.54) is 6.07 Å². The highest BCUT2D eigenvalue weighted by atomic mass is 35.5. The molecule has 0 aromatic heterocycles. The average molecular weight is 333 g/mol. The van der Waals surface area contributed by atoms with Crippen LogP contribution in [0.15, 0.2) is 34.4 Å². The molecule has 4 aliphatic rings. The van der Waals surface area contributed by atoms with Gasteiger partial charge in [0.25, 0.3) is 5.84 Å². The Kier molecular flexibility index (Phi) is 2.75. The molecule has 5 nitrogen and oxygen atoms in total. The molecule has 1 aromatic carbocycles. The van der Waals surface area contributed by atoms with Crippen molar-refractivity contribution >= 4 is 34.6 Å². The van der Waals surface area contributed by atoms with Crippen molar-refractivity contribution in [2.75, 3.05) is 32.7 Å². The summed E-state index contributed by atoms with van der Waals surface area (Å²) in [4.78, 5) is 11.7. The minimum absolute atomic E-state index is 0.150. The molecule has 0 amide bonds. The largest absolute Gasteiger partial charge is 0.348 e. The maximum Gasteiger partial charge on any atom is 0.277 e. The number of hydrogen-bond donors (Lipinski definition) is 1. The van der Waals surface area contributed by atoms with Gasteiger partial charge >= 0.3 is 0 Å². The van der Waals surface area contributed by atoms with Crippen LogP contribution in [0.25, 0.3) is 0 Å². The quantitative estimate of drug-likeness (QED) is 0.583. The third-order valence-electron chi connectivity index (χ3n) is 5.08. The van der Waals surface area contributed by atoms with Crippen LogP contribution in [0.2, 0.25) is 5.02 Å². The van der Waals surface area contributed by atoms with E-state index in [4.69, 9.17) is 16.6 Å². The summed E-state index contributed by atoms with van der Waals surface area (Å²) in [5.74, 6) is 1.43. The number of hydrogen-bond acceptors (Lipinski definition) is 4. The molecule has 4 aliphatic heterocycles. The number of rotatable bonds is 0. The lowest BCUT2D eigenvalue weighted by Crippen LogP contribution is -2.55. The van der Waals surface area contributed by atoms with Crippen LogP contribution >= 0.6 is 11.6 Å². The molecule has 2 saturated heterocycles. The maximum absolute atomic E-state index is 14.0. The van der Waals surface area contributed by atoms with Gasteiger partial charge in [0.2, 0.25) is 5.84 Å². The molecule has 2 unspecified atom stereocenters. The summed E-state index contributed by atoms with van der Waals surface area (Å²) in [6.45, 7) is 4.56. The minimum Gasteiger partial charge on any atom is -0.348 e. The van der Waals surface area contributed by atoms with Crippen molar-refractivity contribution in [3.63, 3.8) is 0 Å². The van der Waals surface area contributed by atoms with Crippen molar-refractivity contribution in [3.8, 4) is 0 Å². The van der Waals surface area contributed by atoms with Crippen LogP contribution in [-0.2, 0) is 0 Å². The third kappa shape index (κ3) is 1.80. The summed E-state index contributed by atoms with van der Waals surface area (Å²) in [6, 6.07) is 3.53. The minimum atomic E-state index is -0.418. The predicted octanol–water partition coefficient (Wildman–Crippen LogP) is 2.04. The van der Waals surface area contributed by atoms with Gasteiger partial charge in [0.1, 0.15) is 18.0 Å². The molecule has 2 fully saturated rings. The second-order valence-corrected chi connectivity index (χ2v) is 6.75. The van der Waals surface area contributed by atoms with Crippen molar-refractivity contribution in [1.82, 2.24) is 14.7 Å². The average Bonchev–Trinajstić information content (AvgIpc) is 3.31. The summed E-state index contributed by atoms with van der Waals surface area (Å²) >= 11 is 6.03. The molecule has 1 spiro atoms. The molecule has 0 bridgehead atoms. The molecule has 1 aromatic rings. The summed E-state index contributed by atoms with van der Waals surface area (Å²) in [5, 5.41) is 3.50. The van der Waals surface area contributed by atoms with E-state index in [1.807, 2.05) is 6.20 Å². The van der Waals surface area contributed by atoms with Crippen LogP contribution in [0.1, 0.15) is 0 Å². The standard InChI is InChI=1S/C16H16ClFN5/c17-11-7-14-13(8-12(11)18)21-15(22-5-3-19-4-6-22)16-20-2-1-10-9-23(10,14)16/h1-2,7-8,10,19H,3-6,9H2/q+1. The number of fused-ring (bicyclic) bond motifs is 1. The smallest absolute Gasteiger partial charge is 0.277 e. The molecule has 0 saturated carbocycles. The summed E-state index contributed by atoms with van der Waals surface area (Å²) in [5.41, 5.74) is 1.64. The first kappa shape index (κ1) is 13.7. The maximum atomic E-state index is 14.0. The molecule has 7 heteroatoms. The Hall–Kier alpha value is -1.76. The van der Waals surface area contributed by atoms with Crippen molar-refractivity contribution in [3.05, 3.63) is 35.2 Å². The van der Waals surface area contributed by atoms with Crippen LogP contribution in [-0.4, -0.2) is 55.3 Å². The number of nitrogens with one attached hydrogen (secondary N) is 1. The van der Waals surface area contributed by atoms with Crippen LogP contribution in [0.5, 0.6) is 0 Å². The van der Waals surface area contributed by atoms with E-state index >= 15 is 0 Å². The number of amidine groups is 2. The Morgan fingerprint density at radius 1 is 1.30 bits per heavy atom. The highest BCUT2D eigenvalue weighted by Crippen LogP contribution is 2.51. The van der Waals surface area contributed by atoms with Crippen LogP contribution in [0.4, 0.5) is 15.8 Å². The lowest BCUT2D eigenvalue weighted by Gasteiger charge is -2.35. The molecule has 1 N–H and O–H groups in total. The molecule has 5 rings (SSSR count). The number of aliphatic imine (C=N–C) groups is 2. The van der Waals surface area contributed by atoms with E-state index in [9.17, 15) is 4.39 Å². The van der Waals surface area contributed by atoms with E-state index < -0.39 is 5.82 Å². The SMILES string of the molecule is Fc1cc2c(cc1Cl)[N+]13CC1C=CN=C3C(N1CCNCC1)=N2. The first-order valence-corrected chi connectivity index (χ1v) is 8.25. The highest BCUT2D eigenvalue weighted by Gasteiger charge is 2.65. The fourth-order valence-corrected chi connectivity index (χ4v) is 3.99. The highest BCUT2D eigenvalue weighted by molar-refractivity contribution is 6.46. The molecule has 118 valence electrons. The number of quaternary nitrogens is 1. The number of piperazine rings is 1. The van der Waals surface area contributed by atoms with Gasteiger partial charge in [-0.1, -0.05) is 11.6 Å². The Morgan fingerprint density at radius 2 is 2.13 bits per heavy atom. The van der Waals surface area contributed by atoms with Gasteiger partial charge in [0, 0.05) is 44.5 Å². The second-order valence-electron chi connectivity index (χ2n) is 6.34. The lowest BCUT2D eigenvalue weighted by atomic mass is 10.1. The van der Waals surface area contributed by atoms with Gasteiger partial charge in [-0.15, -0.1) is 0 Å². The van der Waals surface area contributed by atoms with Crippen molar-refractivity contribution in [2.45, 2.75) is 6.04 Å². The topological polar surface area (TPSA) is 40.0 Å². The van der Waals surface area contributed by atoms with Crippen LogP contribution < -0.4 is 9.80 Å². The van der Waals surface area contributed by atoms with E-state index in [0.717, 1.165) is 50.1 Å². The van der Waals surface area contributed by atoms with Crippen molar-refractivity contribution < 1.29 is 4.39 Å². The number of nitrogens with zero attached hydrogens (tertiary/aromatic N) is 4. The Labute approximate surface area is 138 Å². The predicted molar refractivity (Wildman–Crippen MR) is 90.0 cm³/mol. The zero-order valence-corrected chi connectivity index (χ0v) is 13.2. The summed E-state index contributed by atoms with van der Waals surface area (Å²) in [7, 11) is 0. The van der Waals surface area contributed by atoms with Gasteiger partial charge in [-0.2, -0.15) is 0 Å². The number of benzene rings is 1.